The maximum atomic E-state index is 13.8. The van der Waals surface area contributed by atoms with E-state index >= 15 is 0 Å². The number of ether oxygens (including phenoxy) is 2. The zero-order valence-corrected chi connectivity index (χ0v) is 19.8. The Bertz CT molecular complexity index is 1390. The number of nitrogens with zero attached hydrogens (tertiary/aromatic N) is 2. The van der Waals surface area contributed by atoms with Crippen molar-refractivity contribution in [2.75, 3.05) is 36.5 Å². The molecule has 0 aromatic heterocycles. The smallest absolute Gasteiger partial charge is 0.418 e. The van der Waals surface area contributed by atoms with Crippen molar-refractivity contribution in [2.45, 2.75) is 12.4 Å². The average Bonchev–Trinajstić information content (AvgIpc) is 2.88. The summed E-state index contributed by atoms with van der Waals surface area (Å²) in [6.45, 7) is 1.12. The second-order valence-electron chi connectivity index (χ2n) is 8.35. The maximum Gasteiger partial charge on any atom is 0.418 e. The molecule has 1 fully saturated rings. The molecule has 1 saturated heterocycles. The highest BCUT2D eigenvalue weighted by Crippen LogP contribution is 2.40. The van der Waals surface area contributed by atoms with Crippen molar-refractivity contribution in [3.05, 3.63) is 87.5 Å². The molecule has 1 aliphatic heterocycles. The van der Waals surface area contributed by atoms with Crippen LogP contribution in [0.4, 0.5) is 43.4 Å². The largest absolute Gasteiger partial charge is 0.450 e. The number of benzene rings is 3. The molecule has 4 rings (SSSR count). The summed E-state index contributed by atoms with van der Waals surface area (Å²) in [6, 6.07) is 10.2. The van der Waals surface area contributed by atoms with Crippen LogP contribution < -0.4 is 15.0 Å². The molecule has 0 spiro atoms. The third kappa shape index (κ3) is 6.57. The lowest BCUT2D eigenvalue weighted by molar-refractivity contribution is -0.385. The van der Waals surface area contributed by atoms with Crippen molar-refractivity contribution in [3.8, 4) is 11.5 Å². The standard InChI is InChI=1S/C25H19F6N3O5/c26-24(27,28)16-4-7-22(21(13-16)34(36)37)39-18-3-1-2-15(12-18)23(35)32-17-5-6-20(19(14-17)25(29,30)31)33-8-10-38-11-9-33/h1-7,12-14H,8-11H2,(H,32,35). The predicted molar refractivity (Wildman–Crippen MR) is 127 cm³/mol. The fraction of sp³-hybridized carbons (Fsp3) is 0.240. The molecule has 1 N–H and O–H groups in total. The normalized spacial score (nSPS) is 14.2. The van der Waals surface area contributed by atoms with Gasteiger partial charge in [-0.1, -0.05) is 6.07 Å². The van der Waals surface area contributed by atoms with Crippen LogP contribution in [-0.4, -0.2) is 37.1 Å². The molecule has 0 aliphatic carbocycles. The highest BCUT2D eigenvalue weighted by molar-refractivity contribution is 6.04. The Morgan fingerprint density at radius 1 is 0.949 bits per heavy atom. The monoisotopic (exact) mass is 555 g/mol. The summed E-state index contributed by atoms with van der Waals surface area (Å²) < 4.78 is 90.7. The molecular formula is C25H19F6N3O5. The van der Waals surface area contributed by atoms with E-state index in [0.717, 1.165) is 18.2 Å². The van der Waals surface area contributed by atoms with E-state index in [-0.39, 0.29) is 49.0 Å². The number of carbonyl (C=O) groups is 1. The summed E-state index contributed by atoms with van der Waals surface area (Å²) in [7, 11) is 0. The van der Waals surface area contributed by atoms with E-state index in [1.54, 1.807) is 4.90 Å². The van der Waals surface area contributed by atoms with E-state index in [4.69, 9.17) is 9.47 Å². The van der Waals surface area contributed by atoms with Crippen molar-refractivity contribution < 1.29 is 45.5 Å². The zero-order chi connectivity index (χ0) is 28.4. The number of amides is 1. The van der Waals surface area contributed by atoms with Gasteiger partial charge >= 0.3 is 18.0 Å². The van der Waals surface area contributed by atoms with Crippen molar-refractivity contribution in [2.24, 2.45) is 0 Å². The fourth-order valence-corrected chi connectivity index (χ4v) is 3.87. The lowest BCUT2D eigenvalue weighted by Gasteiger charge is -2.31. The van der Waals surface area contributed by atoms with Crippen molar-refractivity contribution >= 4 is 23.0 Å². The van der Waals surface area contributed by atoms with Gasteiger partial charge in [0.15, 0.2) is 0 Å². The first-order valence-corrected chi connectivity index (χ1v) is 11.3. The van der Waals surface area contributed by atoms with Crippen LogP contribution in [0.3, 0.4) is 0 Å². The van der Waals surface area contributed by atoms with Gasteiger partial charge < -0.3 is 19.7 Å². The Hall–Kier alpha value is -4.33. The number of alkyl halides is 6. The number of nitro groups is 1. The first-order chi connectivity index (χ1) is 18.3. The number of hydrogen-bond donors (Lipinski definition) is 1. The number of nitro benzene ring substituents is 1. The minimum Gasteiger partial charge on any atom is -0.450 e. The molecule has 0 atom stereocenters. The van der Waals surface area contributed by atoms with Gasteiger partial charge in [0.25, 0.3) is 5.91 Å². The van der Waals surface area contributed by atoms with Gasteiger partial charge in [-0.15, -0.1) is 0 Å². The van der Waals surface area contributed by atoms with Crippen LogP contribution in [0.15, 0.2) is 60.7 Å². The Morgan fingerprint density at radius 2 is 1.67 bits per heavy atom. The molecule has 0 radical (unpaired) electrons. The van der Waals surface area contributed by atoms with Gasteiger partial charge in [-0.3, -0.25) is 14.9 Å². The van der Waals surface area contributed by atoms with Gasteiger partial charge in [0.2, 0.25) is 5.75 Å². The second kappa shape index (κ2) is 10.8. The van der Waals surface area contributed by atoms with Crippen molar-refractivity contribution in [3.63, 3.8) is 0 Å². The quantitative estimate of drug-likeness (QED) is 0.212. The number of hydrogen-bond acceptors (Lipinski definition) is 6. The van der Waals surface area contributed by atoms with Gasteiger partial charge in [-0.05, 0) is 48.5 Å². The molecule has 8 nitrogen and oxygen atoms in total. The molecule has 3 aromatic rings. The summed E-state index contributed by atoms with van der Waals surface area (Å²) in [6.07, 6.45) is -9.51. The van der Waals surface area contributed by atoms with Crippen molar-refractivity contribution in [1.29, 1.82) is 0 Å². The van der Waals surface area contributed by atoms with Gasteiger partial charge in [-0.2, -0.15) is 26.3 Å². The van der Waals surface area contributed by atoms with Crippen molar-refractivity contribution in [1.82, 2.24) is 0 Å². The molecule has 1 heterocycles. The third-order valence-corrected chi connectivity index (χ3v) is 5.72. The Labute approximate surface area is 216 Å². The van der Waals surface area contributed by atoms with E-state index in [2.05, 4.69) is 5.32 Å². The fourth-order valence-electron chi connectivity index (χ4n) is 3.87. The number of nitrogens with one attached hydrogen (secondary N) is 1. The maximum absolute atomic E-state index is 13.8. The second-order valence-corrected chi connectivity index (χ2v) is 8.35. The first-order valence-electron chi connectivity index (χ1n) is 11.3. The highest BCUT2D eigenvalue weighted by Gasteiger charge is 2.36. The van der Waals surface area contributed by atoms with E-state index < -0.39 is 45.7 Å². The molecule has 0 unspecified atom stereocenters. The van der Waals surface area contributed by atoms with E-state index in [9.17, 15) is 41.3 Å². The van der Waals surface area contributed by atoms with Gasteiger partial charge in [-0.25, -0.2) is 0 Å². The molecule has 206 valence electrons. The minimum atomic E-state index is -4.81. The topological polar surface area (TPSA) is 93.9 Å². The molecule has 0 saturated carbocycles. The van der Waals surface area contributed by atoms with Crippen LogP contribution in [0, 0.1) is 10.1 Å². The molecule has 0 bridgehead atoms. The number of halogens is 6. The van der Waals surface area contributed by atoms with Crippen LogP contribution in [0.5, 0.6) is 11.5 Å². The first kappa shape index (κ1) is 27.7. The summed E-state index contributed by atoms with van der Waals surface area (Å²) in [5, 5.41) is 13.7. The third-order valence-electron chi connectivity index (χ3n) is 5.72. The van der Waals surface area contributed by atoms with Gasteiger partial charge in [0, 0.05) is 36.1 Å². The average molecular weight is 555 g/mol. The number of morpholine rings is 1. The lowest BCUT2D eigenvalue weighted by Crippen LogP contribution is -2.37. The van der Waals surface area contributed by atoms with Gasteiger partial charge in [0.05, 0.1) is 29.3 Å². The SMILES string of the molecule is O=C(Nc1ccc(N2CCOCC2)c(C(F)(F)F)c1)c1cccc(Oc2ccc(C(F)(F)F)cc2[N+](=O)[O-])c1. The lowest BCUT2D eigenvalue weighted by atomic mass is 10.1. The molecule has 3 aromatic carbocycles. The molecule has 1 aliphatic rings. The zero-order valence-electron chi connectivity index (χ0n) is 19.8. The summed E-state index contributed by atoms with van der Waals surface area (Å²) in [4.78, 5) is 24.6. The Balaban J connectivity index is 1.56. The Morgan fingerprint density at radius 3 is 2.31 bits per heavy atom. The number of carbonyl (C=O) groups excluding carboxylic acids is 1. The molecule has 39 heavy (non-hydrogen) atoms. The van der Waals surface area contributed by atoms with Crippen LogP contribution in [0.2, 0.25) is 0 Å². The van der Waals surface area contributed by atoms with E-state index in [1.165, 1.54) is 30.3 Å². The summed E-state index contributed by atoms with van der Waals surface area (Å²) in [5.74, 6) is -1.43. The van der Waals surface area contributed by atoms with E-state index in [0.29, 0.717) is 12.1 Å². The van der Waals surface area contributed by atoms with Crippen LogP contribution in [-0.2, 0) is 17.1 Å². The highest BCUT2D eigenvalue weighted by atomic mass is 19.4. The summed E-state index contributed by atoms with van der Waals surface area (Å²) >= 11 is 0. The molecular weight excluding hydrogens is 536 g/mol. The van der Waals surface area contributed by atoms with Crippen LogP contribution in [0.25, 0.3) is 0 Å². The minimum absolute atomic E-state index is 0.0441. The van der Waals surface area contributed by atoms with Crippen LogP contribution >= 0.6 is 0 Å². The predicted octanol–water partition coefficient (Wildman–Crippen LogP) is 6.51. The van der Waals surface area contributed by atoms with Gasteiger partial charge in [0.1, 0.15) is 5.75 Å². The number of anilines is 2. The molecule has 14 heteroatoms. The van der Waals surface area contributed by atoms with Crippen LogP contribution in [0.1, 0.15) is 21.5 Å². The Kier molecular flexibility index (Phi) is 7.67. The molecule has 1 amide bonds. The summed E-state index contributed by atoms with van der Waals surface area (Å²) in [5.41, 5.74) is -3.37. The number of rotatable bonds is 6. The van der Waals surface area contributed by atoms with E-state index in [1.807, 2.05) is 0 Å².